The minimum absolute atomic E-state index is 0.135. The van der Waals surface area contributed by atoms with E-state index in [2.05, 4.69) is 37.2 Å². The second kappa shape index (κ2) is 5.79. The fraction of sp³-hybridized carbons (Fsp3) is 0. The topological polar surface area (TPSA) is 29.1 Å². The van der Waals surface area contributed by atoms with E-state index in [1.165, 1.54) is 30.3 Å². The molecule has 2 nitrogen and oxygen atoms in total. The van der Waals surface area contributed by atoms with E-state index >= 15 is 0 Å². The normalized spacial score (nSPS) is 10.3. The quantitative estimate of drug-likeness (QED) is 0.788. The molecule has 6 heteroatoms. The SMILES string of the molecule is O=C(Nc1cc(F)ccc1Br)c1cc(F)ccc1Br. The average Bonchev–Trinajstić information content (AvgIpc) is 2.36. The lowest BCUT2D eigenvalue weighted by molar-refractivity contribution is 0.102. The number of nitrogens with one attached hydrogen (secondary N) is 1. The van der Waals surface area contributed by atoms with Gasteiger partial charge in [0.1, 0.15) is 11.6 Å². The Hall–Kier alpha value is -1.27. The lowest BCUT2D eigenvalue weighted by atomic mass is 10.2. The second-order valence-corrected chi connectivity index (χ2v) is 5.41. The van der Waals surface area contributed by atoms with E-state index < -0.39 is 17.5 Å². The number of rotatable bonds is 2. The van der Waals surface area contributed by atoms with Crippen molar-refractivity contribution in [2.45, 2.75) is 0 Å². The summed E-state index contributed by atoms with van der Waals surface area (Å²) >= 11 is 6.36. The van der Waals surface area contributed by atoms with Gasteiger partial charge in [0, 0.05) is 8.95 Å². The van der Waals surface area contributed by atoms with E-state index in [0.717, 1.165) is 6.07 Å². The van der Waals surface area contributed by atoms with Gasteiger partial charge in [0.25, 0.3) is 5.91 Å². The summed E-state index contributed by atoms with van der Waals surface area (Å²) in [5, 5.41) is 2.51. The summed E-state index contributed by atoms with van der Waals surface area (Å²) in [6.07, 6.45) is 0. The van der Waals surface area contributed by atoms with Crippen molar-refractivity contribution in [3.63, 3.8) is 0 Å². The highest BCUT2D eigenvalue weighted by molar-refractivity contribution is 9.11. The Bertz CT molecular complexity index is 647. The van der Waals surface area contributed by atoms with Crippen LogP contribution < -0.4 is 5.32 Å². The van der Waals surface area contributed by atoms with Crippen molar-refractivity contribution in [1.82, 2.24) is 0 Å². The number of carbonyl (C=O) groups excluding carboxylic acids is 1. The molecule has 0 saturated heterocycles. The van der Waals surface area contributed by atoms with Crippen molar-refractivity contribution in [2.75, 3.05) is 5.32 Å². The number of hydrogen-bond donors (Lipinski definition) is 1. The van der Waals surface area contributed by atoms with Crippen molar-refractivity contribution in [3.8, 4) is 0 Å². The Morgan fingerprint density at radius 2 is 1.53 bits per heavy atom. The molecule has 0 bridgehead atoms. The lowest BCUT2D eigenvalue weighted by Crippen LogP contribution is -2.13. The first-order valence-corrected chi connectivity index (χ1v) is 6.77. The average molecular weight is 391 g/mol. The third-order valence-electron chi connectivity index (χ3n) is 2.35. The zero-order chi connectivity index (χ0) is 14.0. The van der Waals surface area contributed by atoms with Gasteiger partial charge in [-0.3, -0.25) is 4.79 Å². The van der Waals surface area contributed by atoms with E-state index in [9.17, 15) is 13.6 Å². The van der Waals surface area contributed by atoms with Crippen molar-refractivity contribution in [3.05, 3.63) is 62.5 Å². The van der Waals surface area contributed by atoms with E-state index in [0.29, 0.717) is 8.95 Å². The van der Waals surface area contributed by atoms with Gasteiger partial charge in [0.05, 0.1) is 11.3 Å². The molecule has 0 saturated carbocycles. The van der Waals surface area contributed by atoms with Gasteiger partial charge in [-0.1, -0.05) is 0 Å². The van der Waals surface area contributed by atoms with E-state index in [4.69, 9.17) is 0 Å². The molecule has 0 radical (unpaired) electrons. The predicted molar refractivity (Wildman–Crippen MR) is 76.2 cm³/mol. The van der Waals surface area contributed by atoms with Gasteiger partial charge in [-0.15, -0.1) is 0 Å². The number of hydrogen-bond acceptors (Lipinski definition) is 1. The first kappa shape index (κ1) is 14.1. The summed E-state index contributed by atoms with van der Waals surface area (Å²) in [6.45, 7) is 0. The molecule has 0 heterocycles. The summed E-state index contributed by atoms with van der Waals surface area (Å²) in [5.41, 5.74) is 0.414. The third kappa shape index (κ3) is 3.39. The molecule has 2 rings (SSSR count). The molecule has 0 aliphatic carbocycles. The molecular weight excluding hydrogens is 384 g/mol. The molecule has 2 aromatic carbocycles. The maximum absolute atomic E-state index is 13.1. The van der Waals surface area contributed by atoms with Crippen molar-refractivity contribution < 1.29 is 13.6 Å². The number of carbonyl (C=O) groups is 1. The third-order valence-corrected chi connectivity index (χ3v) is 3.73. The number of anilines is 1. The van der Waals surface area contributed by atoms with Crippen LogP contribution in [0.3, 0.4) is 0 Å². The van der Waals surface area contributed by atoms with E-state index in [1.54, 1.807) is 0 Å². The monoisotopic (exact) mass is 389 g/mol. The van der Waals surface area contributed by atoms with Crippen LogP contribution in [0.25, 0.3) is 0 Å². The minimum atomic E-state index is -0.530. The molecule has 0 aliphatic heterocycles. The smallest absolute Gasteiger partial charge is 0.256 e. The van der Waals surface area contributed by atoms with Crippen LogP contribution in [-0.4, -0.2) is 5.91 Å². The molecule has 1 N–H and O–H groups in total. The molecule has 0 atom stereocenters. The van der Waals surface area contributed by atoms with Gasteiger partial charge < -0.3 is 5.32 Å². The van der Waals surface area contributed by atoms with Crippen LogP contribution in [0.15, 0.2) is 45.3 Å². The summed E-state index contributed by atoms with van der Waals surface area (Å²) in [4.78, 5) is 12.0. The zero-order valence-electron chi connectivity index (χ0n) is 9.38. The van der Waals surface area contributed by atoms with Crippen LogP contribution in [0.2, 0.25) is 0 Å². The zero-order valence-corrected chi connectivity index (χ0v) is 12.6. The molecule has 0 unspecified atom stereocenters. The molecule has 98 valence electrons. The molecule has 0 spiro atoms. The molecule has 1 amide bonds. The van der Waals surface area contributed by atoms with Crippen LogP contribution in [0.1, 0.15) is 10.4 Å². The van der Waals surface area contributed by atoms with E-state index in [-0.39, 0.29) is 11.3 Å². The van der Waals surface area contributed by atoms with Gasteiger partial charge in [-0.25, -0.2) is 8.78 Å². The Morgan fingerprint density at radius 1 is 0.947 bits per heavy atom. The van der Waals surface area contributed by atoms with Crippen molar-refractivity contribution in [2.24, 2.45) is 0 Å². The molecule has 0 aliphatic rings. The van der Waals surface area contributed by atoms with Crippen LogP contribution in [0.4, 0.5) is 14.5 Å². The fourth-order valence-corrected chi connectivity index (χ4v) is 2.23. The highest BCUT2D eigenvalue weighted by Crippen LogP contribution is 2.25. The minimum Gasteiger partial charge on any atom is -0.321 e. The largest absolute Gasteiger partial charge is 0.321 e. The first-order valence-electron chi connectivity index (χ1n) is 5.19. The van der Waals surface area contributed by atoms with E-state index in [1.807, 2.05) is 0 Å². The molecule has 2 aromatic rings. The van der Waals surface area contributed by atoms with Gasteiger partial charge in [0.2, 0.25) is 0 Å². The molecular formula is C13H7Br2F2NO. The molecule has 0 aromatic heterocycles. The van der Waals surface area contributed by atoms with Gasteiger partial charge in [-0.05, 0) is 68.3 Å². The first-order chi connectivity index (χ1) is 8.97. The van der Waals surface area contributed by atoms with Crippen LogP contribution >= 0.6 is 31.9 Å². The summed E-state index contributed by atoms with van der Waals surface area (Å²) < 4.78 is 27.2. The highest BCUT2D eigenvalue weighted by atomic mass is 79.9. The number of benzene rings is 2. The van der Waals surface area contributed by atoms with Gasteiger partial charge in [0.15, 0.2) is 0 Å². The second-order valence-electron chi connectivity index (χ2n) is 3.70. The predicted octanol–water partition coefficient (Wildman–Crippen LogP) is 4.74. The summed E-state index contributed by atoms with van der Waals surface area (Å²) in [7, 11) is 0. The van der Waals surface area contributed by atoms with Crippen molar-refractivity contribution >= 4 is 43.5 Å². The Kier molecular flexibility index (Phi) is 4.31. The maximum atomic E-state index is 13.1. The maximum Gasteiger partial charge on any atom is 0.256 e. The number of halogens is 4. The summed E-state index contributed by atoms with van der Waals surface area (Å²) in [6, 6.07) is 7.69. The lowest BCUT2D eigenvalue weighted by Gasteiger charge is -2.09. The fourth-order valence-electron chi connectivity index (χ4n) is 1.45. The number of amides is 1. The highest BCUT2D eigenvalue weighted by Gasteiger charge is 2.13. The molecule has 19 heavy (non-hydrogen) atoms. The Labute approximate surface area is 125 Å². The Balaban J connectivity index is 2.30. The standard InChI is InChI=1S/C13H7Br2F2NO/c14-10-3-1-7(16)5-9(10)13(19)18-12-6-8(17)2-4-11(12)15/h1-6H,(H,18,19). The Morgan fingerprint density at radius 3 is 2.21 bits per heavy atom. The van der Waals surface area contributed by atoms with Crippen molar-refractivity contribution in [1.29, 1.82) is 0 Å². The van der Waals surface area contributed by atoms with Crippen LogP contribution in [0, 0.1) is 11.6 Å². The van der Waals surface area contributed by atoms with Gasteiger partial charge >= 0.3 is 0 Å². The van der Waals surface area contributed by atoms with Crippen LogP contribution in [0.5, 0.6) is 0 Å². The summed E-state index contributed by atoms with van der Waals surface area (Å²) in [5.74, 6) is -1.53. The molecule has 0 fully saturated rings. The van der Waals surface area contributed by atoms with Crippen LogP contribution in [-0.2, 0) is 0 Å². The van der Waals surface area contributed by atoms with Gasteiger partial charge in [-0.2, -0.15) is 0 Å².